The second kappa shape index (κ2) is 12.2. The van der Waals surface area contributed by atoms with E-state index in [1.807, 2.05) is 52.0 Å². The predicted molar refractivity (Wildman–Crippen MR) is 137 cm³/mol. The van der Waals surface area contributed by atoms with Crippen LogP contribution >= 0.6 is 46.6 Å². The Bertz CT molecular complexity index is 947. The Labute approximate surface area is 210 Å². The lowest BCUT2D eigenvalue weighted by atomic mass is 10.1. The highest BCUT2D eigenvalue weighted by Gasteiger charge is 2.31. The van der Waals surface area contributed by atoms with Crippen molar-refractivity contribution in [2.45, 2.75) is 58.0 Å². The van der Waals surface area contributed by atoms with Crippen molar-refractivity contribution in [3.8, 4) is 0 Å². The quantitative estimate of drug-likeness (QED) is 0.409. The van der Waals surface area contributed by atoms with Gasteiger partial charge in [-0.15, -0.1) is 11.8 Å². The third-order valence-corrected chi connectivity index (χ3v) is 6.60. The van der Waals surface area contributed by atoms with Crippen molar-refractivity contribution < 1.29 is 9.59 Å². The van der Waals surface area contributed by atoms with Crippen LogP contribution in [0, 0.1) is 0 Å². The fourth-order valence-electron chi connectivity index (χ4n) is 3.15. The van der Waals surface area contributed by atoms with Gasteiger partial charge >= 0.3 is 0 Å². The number of hydrogen-bond acceptors (Lipinski definition) is 3. The molecular weight excluding hydrogens is 487 g/mol. The maximum atomic E-state index is 13.3. The molecule has 2 rings (SSSR count). The Morgan fingerprint density at radius 2 is 1.72 bits per heavy atom. The molecule has 0 fully saturated rings. The molecule has 0 bridgehead atoms. The summed E-state index contributed by atoms with van der Waals surface area (Å²) in [6, 6.07) is 12.1. The summed E-state index contributed by atoms with van der Waals surface area (Å²) < 4.78 is 0. The SMILES string of the molecule is CCC(C(=O)NC(C)(C)C)N(Cc1ccc(Cl)cc1Cl)C(=O)CSCc1ccccc1Cl. The summed E-state index contributed by atoms with van der Waals surface area (Å²) in [5.74, 6) is 0.500. The van der Waals surface area contributed by atoms with Crippen molar-refractivity contribution in [1.82, 2.24) is 10.2 Å². The van der Waals surface area contributed by atoms with Gasteiger partial charge in [0.05, 0.1) is 5.75 Å². The number of halogens is 3. The number of hydrogen-bond donors (Lipinski definition) is 1. The van der Waals surface area contributed by atoms with E-state index >= 15 is 0 Å². The summed E-state index contributed by atoms with van der Waals surface area (Å²) in [4.78, 5) is 27.9. The molecule has 0 aromatic heterocycles. The molecule has 2 aromatic rings. The standard InChI is InChI=1S/C24H29Cl3N2O2S/c1-5-21(23(31)28-24(2,3)4)29(13-16-10-11-18(25)12-20(16)27)22(30)15-32-14-17-8-6-7-9-19(17)26/h6-12,21H,5,13-15H2,1-4H3,(H,28,31). The molecule has 1 unspecified atom stereocenters. The van der Waals surface area contributed by atoms with Crippen molar-refractivity contribution in [3.63, 3.8) is 0 Å². The zero-order chi connectivity index (χ0) is 23.9. The summed E-state index contributed by atoms with van der Waals surface area (Å²) in [6.07, 6.45) is 0.480. The van der Waals surface area contributed by atoms with E-state index in [4.69, 9.17) is 34.8 Å². The Morgan fingerprint density at radius 1 is 1.03 bits per heavy atom. The van der Waals surface area contributed by atoms with Crippen LogP contribution in [0.2, 0.25) is 15.1 Å². The number of nitrogens with one attached hydrogen (secondary N) is 1. The average molecular weight is 516 g/mol. The van der Waals surface area contributed by atoms with Crippen LogP contribution in [0.5, 0.6) is 0 Å². The Kier molecular flexibility index (Phi) is 10.2. The van der Waals surface area contributed by atoms with E-state index in [1.165, 1.54) is 11.8 Å². The largest absolute Gasteiger partial charge is 0.350 e. The average Bonchev–Trinajstić information content (AvgIpc) is 2.69. The third kappa shape index (κ3) is 8.18. The van der Waals surface area contributed by atoms with Crippen molar-refractivity contribution in [2.24, 2.45) is 0 Å². The molecular formula is C24H29Cl3N2O2S. The van der Waals surface area contributed by atoms with Gasteiger partial charge in [0.25, 0.3) is 0 Å². The maximum Gasteiger partial charge on any atom is 0.243 e. The van der Waals surface area contributed by atoms with Crippen LogP contribution in [0.15, 0.2) is 42.5 Å². The van der Waals surface area contributed by atoms with Crippen LogP contribution in [0.25, 0.3) is 0 Å². The van der Waals surface area contributed by atoms with Gasteiger partial charge in [0.2, 0.25) is 11.8 Å². The summed E-state index contributed by atoms with van der Waals surface area (Å²) in [5, 5.41) is 4.65. The van der Waals surface area contributed by atoms with E-state index in [2.05, 4.69) is 5.32 Å². The van der Waals surface area contributed by atoms with Gasteiger partial charge in [-0.25, -0.2) is 0 Å². The van der Waals surface area contributed by atoms with Gasteiger partial charge in [-0.05, 0) is 56.5 Å². The maximum absolute atomic E-state index is 13.3. The van der Waals surface area contributed by atoms with Gasteiger partial charge in [-0.2, -0.15) is 0 Å². The number of amides is 2. The lowest BCUT2D eigenvalue weighted by Gasteiger charge is -2.33. The minimum Gasteiger partial charge on any atom is -0.350 e. The number of thioether (sulfide) groups is 1. The molecule has 4 nitrogen and oxygen atoms in total. The summed E-state index contributed by atoms with van der Waals surface area (Å²) in [5.41, 5.74) is 1.30. The highest BCUT2D eigenvalue weighted by atomic mass is 35.5. The van der Waals surface area contributed by atoms with Gasteiger partial charge in [-0.3, -0.25) is 9.59 Å². The second-order valence-electron chi connectivity index (χ2n) is 8.50. The summed E-state index contributed by atoms with van der Waals surface area (Å²) in [7, 11) is 0. The molecule has 0 aliphatic rings. The summed E-state index contributed by atoms with van der Waals surface area (Å²) in [6.45, 7) is 7.86. The molecule has 0 aliphatic carbocycles. The highest BCUT2D eigenvalue weighted by Crippen LogP contribution is 2.25. The number of carbonyl (C=O) groups excluding carboxylic acids is 2. The molecule has 2 aromatic carbocycles. The lowest BCUT2D eigenvalue weighted by molar-refractivity contribution is -0.140. The number of benzene rings is 2. The predicted octanol–water partition coefficient (Wildman–Crippen LogP) is 6.60. The summed E-state index contributed by atoms with van der Waals surface area (Å²) >= 11 is 20.1. The molecule has 174 valence electrons. The lowest BCUT2D eigenvalue weighted by Crippen LogP contribution is -2.53. The van der Waals surface area contributed by atoms with Crippen molar-refractivity contribution >= 4 is 58.4 Å². The first-order valence-electron chi connectivity index (χ1n) is 10.4. The molecule has 32 heavy (non-hydrogen) atoms. The van der Waals surface area contributed by atoms with Gasteiger partial charge in [0.1, 0.15) is 6.04 Å². The van der Waals surface area contributed by atoms with Crippen molar-refractivity contribution in [3.05, 3.63) is 68.7 Å². The first kappa shape index (κ1) is 26.8. The zero-order valence-corrected chi connectivity index (χ0v) is 21.8. The van der Waals surface area contributed by atoms with Gasteiger partial charge in [-0.1, -0.05) is 66.0 Å². The number of carbonyl (C=O) groups is 2. The zero-order valence-electron chi connectivity index (χ0n) is 18.8. The van der Waals surface area contributed by atoms with E-state index < -0.39 is 11.6 Å². The van der Waals surface area contributed by atoms with Gasteiger partial charge in [0.15, 0.2) is 0 Å². The molecule has 8 heteroatoms. The Balaban J connectivity index is 2.22. The second-order valence-corrected chi connectivity index (χ2v) is 10.7. The normalized spacial score (nSPS) is 12.3. The topological polar surface area (TPSA) is 49.4 Å². The van der Waals surface area contributed by atoms with E-state index in [1.54, 1.807) is 23.1 Å². The van der Waals surface area contributed by atoms with Crippen LogP contribution in [-0.4, -0.2) is 34.0 Å². The van der Waals surface area contributed by atoms with Crippen LogP contribution in [-0.2, 0) is 21.9 Å². The molecule has 0 radical (unpaired) electrons. The molecule has 1 N–H and O–H groups in total. The Hall–Kier alpha value is -1.40. The van der Waals surface area contributed by atoms with E-state index in [0.29, 0.717) is 27.2 Å². The minimum absolute atomic E-state index is 0.135. The fourth-order valence-corrected chi connectivity index (χ4v) is 4.82. The van der Waals surface area contributed by atoms with E-state index in [-0.39, 0.29) is 24.1 Å². The highest BCUT2D eigenvalue weighted by molar-refractivity contribution is 7.99. The monoisotopic (exact) mass is 514 g/mol. The van der Waals surface area contributed by atoms with E-state index in [9.17, 15) is 9.59 Å². The van der Waals surface area contributed by atoms with Crippen LogP contribution in [0.1, 0.15) is 45.2 Å². The fraction of sp³-hybridized carbons (Fsp3) is 0.417. The first-order chi connectivity index (χ1) is 15.0. The molecule has 0 spiro atoms. The van der Waals surface area contributed by atoms with Crippen molar-refractivity contribution in [1.29, 1.82) is 0 Å². The third-order valence-electron chi connectivity index (χ3n) is 4.68. The van der Waals surface area contributed by atoms with Crippen molar-refractivity contribution in [2.75, 3.05) is 5.75 Å². The van der Waals surface area contributed by atoms with Gasteiger partial charge in [0, 0.05) is 32.9 Å². The van der Waals surface area contributed by atoms with E-state index in [0.717, 1.165) is 11.1 Å². The molecule has 0 heterocycles. The van der Waals surface area contributed by atoms with Crippen LogP contribution < -0.4 is 5.32 Å². The van der Waals surface area contributed by atoms with Crippen LogP contribution in [0.4, 0.5) is 0 Å². The molecule has 0 saturated carbocycles. The number of rotatable bonds is 9. The number of nitrogens with zero attached hydrogens (tertiary/aromatic N) is 1. The molecule has 0 aliphatic heterocycles. The molecule has 2 amide bonds. The molecule has 0 saturated heterocycles. The van der Waals surface area contributed by atoms with Crippen LogP contribution in [0.3, 0.4) is 0 Å². The first-order valence-corrected chi connectivity index (χ1v) is 12.7. The molecule has 1 atom stereocenters. The minimum atomic E-state index is -0.616. The Morgan fingerprint density at radius 3 is 2.31 bits per heavy atom. The smallest absolute Gasteiger partial charge is 0.243 e. The van der Waals surface area contributed by atoms with Gasteiger partial charge < -0.3 is 10.2 Å².